The normalized spacial score (nSPS) is 19.5. The molecule has 3 nitrogen and oxygen atoms in total. The second-order valence-electron chi connectivity index (χ2n) is 3.93. The fourth-order valence-corrected chi connectivity index (χ4v) is 1.95. The molecule has 1 aromatic carbocycles. The number of carbonyl (C=O) groups is 1. The zero-order chi connectivity index (χ0) is 10.8. The lowest BCUT2D eigenvalue weighted by molar-refractivity contribution is -0.143. The van der Waals surface area contributed by atoms with Gasteiger partial charge in [-0.3, -0.25) is 4.79 Å². The summed E-state index contributed by atoms with van der Waals surface area (Å²) in [5.74, 6) is -0.179. The van der Waals surface area contributed by atoms with Gasteiger partial charge >= 0.3 is 5.97 Å². The van der Waals surface area contributed by atoms with Crippen molar-refractivity contribution in [3.8, 4) is 0 Å². The number of aryl methyl sites for hydroxylation is 1. The molecule has 0 spiro atoms. The number of ether oxygens (including phenoxy) is 1. The van der Waals surface area contributed by atoms with E-state index in [1.165, 1.54) is 23.8 Å². The number of carbonyl (C=O) groups excluding carboxylic acids is 1. The average molecular weight is 205 g/mol. The predicted molar refractivity (Wildman–Crippen MR) is 57.5 cm³/mol. The molecule has 1 aliphatic heterocycles. The first-order chi connectivity index (χ1) is 7.20. The van der Waals surface area contributed by atoms with Crippen LogP contribution in [0.3, 0.4) is 0 Å². The topological polar surface area (TPSA) is 38.3 Å². The highest BCUT2D eigenvalue weighted by Gasteiger charge is 2.24. The maximum Gasteiger partial charge on any atom is 0.323 e. The van der Waals surface area contributed by atoms with Crippen LogP contribution in [0.1, 0.15) is 16.7 Å². The van der Waals surface area contributed by atoms with Crippen molar-refractivity contribution in [1.29, 1.82) is 0 Å². The van der Waals surface area contributed by atoms with Crippen molar-refractivity contribution in [2.45, 2.75) is 25.9 Å². The number of hydrogen-bond acceptors (Lipinski definition) is 3. The molecule has 1 aliphatic rings. The minimum Gasteiger partial charge on any atom is -0.468 e. The molecule has 0 aromatic heterocycles. The van der Waals surface area contributed by atoms with E-state index in [4.69, 9.17) is 4.74 Å². The van der Waals surface area contributed by atoms with Gasteiger partial charge in [0.05, 0.1) is 7.11 Å². The molecular formula is C12H15NO2. The Bertz CT molecular complexity index is 387. The zero-order valence-electron chi connectivity index (χ0n) is 9.04. The van der Waals surface area contributed by atoms with Crippen molar-refractivity contribution >= 4 is 5.97 Å². The van der Waals surface area contributed by atoms with Crippen molar-refractivity contribution in [1.82, 2.24) is 5.32 Å². The van der Waals surface area contributed by atoms with Crippen LogP contribution in [0.2, 0.25) is 0 Å². The summed E-state index contributed by atoms with van der Waals surface area (Å²) in [6.45, 7) is 2.81. The van der Waals surface area contributed by atoms with E-state index in [2.05, 4.69) is 30.4 Å². The van der Waals surface area contributed by atoms with E-state index in [0.717, 1.165) is 13.0 Å². The van der Waals surface area contributed by atoms with Crippen molar-refractivity contribution in [2.24, 2.45) is 0 Å². The molecule has 1 unspecified atom stereocenters. The van der Waals surface area contributed by atoms with Gasteiger partial charge in [-0.2, -0.15) is 0 Å². The van der Waals surface area contributed by atoms with Gasteiger partial charge in [0, 0.05) is 6.54 Å². The van der Waals surface area contributed by atoms with Crippen molar-refractivity contribution in [3.05, 3.63) is 34.9 Å². The lowest BCUT2D eigenvalue weighted by atomic mass is 9.94. The largest absolute Gasteiger partial charge is 0.468 e. The van der Waals surface area contributed by atoms with Crippen LogP contribution in [-0.2, 0) is 22.5 Å². The van der Waals surface area contributed by atoms with Crippen LogP contribution in [0.4, 0.5) is 0 Å². The lowest BCUT2D eigenvalue weighted by Gasteiger charge is -2.24. The second-order valence-corrected chi connectivity index (χ2v) is 3.93. The van der Waals surface area contributed by atoms with Gasteiger partial charge in [0.1, 0.15) is 6.04 Å². The fraction of sp³-hybridized carbons (Fsp3) is 0.417. The smallest absolute Gasteiger partial charge is 0.323 e. The molecule has 0 amide bonds. The van der Waals surface area contributed by atoms with Gasteiger partial charge in [0.2, 0.25) is 0 Å². The Morgan fingerprint density at radius 1 is 1.47 bits per heavy atom. The summed E-state index contributed by atoms with van der Waals surface area (Å²) in [4.78, 5) is 11.4. The van der Waals surface area contributed by atoms with Gasteiger partial charge in [-0.25, -0.2) is 0 Å². The Hall–Kier alpha value is -1.35. The molecule has 0 saturated carbocycles. The Morgan fingerprint density at radius 3 is 3.00 bits per heavy atom. The Kier molecular flexibility index (Phi) is 2.73. The van der Waals surface area contributed by atoms with Gasteiger partial charge in [-0.1, -0.05) is 23.8 Å². The summed E-state index contributed by atoms with van der Waals surface area (Å²) in [5.41, 5.74) is 3.77. The summed E-state index contributed by atoms with van der Waals surface area (Å²) in [6, 6.07) is 6.17. The summed E-state index contributed by atoms with van der Waals surface area (Å²) in [6.07, 6.45) is 0.726. The lowest BCUT2D eigenvalue weighted by Crippen LogP contribution is -2.42. The standard InChI is InChI=1S/C12H15NO2/c1-8-3-4-9-7-13-11(12(14)15-2)6-10(9)5-8/h3-5,11,13H,6-7H2,1-2H3. The van der Waals surface area contributed by atoms with Crippen molar-refractivity contribution in [2.75, 3.05) is 7.11 Å². The third-order valence-corrected chi connectivity index (χ3v) is 2.81. The predicted octanol–water partition coefficient (Wildman–Crippen LogP) is 1.18. The maximum atomic E-state index is 11.4. The van der Waals surface area contributed by atoms with Gasteiger partial charge in [0.25, 0.3) is 0 Å². The number of nitrogens with one attached hydrogen (secondary N) is 1. The van der Waals surface area contributed by atoms with Gasteiger partial charge < -0.3 is 10.1 Å². The average Bonchev–Trinajstić information content (AvgIpc) is 2.27. The first-order valence-corrected chi connectivity index (χ1v) is 5.10. The van der Waals surface area contributed by atoms with E-state index in [1.807, 2.05) is 0 Å². The Labute approximate surface area is 89.4 Å². The summed E-state index contributed by atoms with van der Waals surface area (Å²) in [7, 11) is 1.43. The molecule has 1 aromatic rings. The van der Waals surface area contributed by atoms with Gasteiger partial charge in [-0.05, 0) is 24.5 Å². The number of methoxy groups -OCH3 is 1. The van der Waals surface area contributed by atoms with Crippen molar-refractivity contribution < 1.29 is 9.53 Å². The van der Waals surface area contributed by atoms with Crippen LogP contribution < -0.4 is 5.32 Å². The quantitative estimate of drug-likeness (QED) is 0.700. The minimum atomic E-state index is -0.190. The molecule has 1 N–H and O–H groups in total. The Balaban J connectivity index is 2.22. The number of rotatable bonds is 1. The molecule has 0 bridgehead atoms. The monoisotopic (exact) mass is 205 g/mol. The van der Waals surface area contributed by atoms with Gasteiger partial charge in [0.15, 0.2) is 0 Å². The van der Waals surface area contributed by atoms with E-state index in [0.29, 0.717) is 0 Å². The van der Waals surface area contributed by atoms with Gasteiger partial charge in [-0.15, -0.1) is 0 Å². The first kappa shape index (κ1) is 10.2. The summed E-state index contributed by atoms with van der Waals surface area (Å²) < 4.78 is 4.73. The highest BCUT2D eigenvalue weighted by atomic mass is 16.5. The van der Waals surface area contributed by atoms with Crippen LogP contribution in [0.5, 0.6) is 0 Å². The van der Waals surface area contributed by atoms with E-state index in [9.17, 15) is 4.79 Å². The van der Waals surface area contributed by atoms with E-state index in [-0.39, 0.29) is 12.0 Å². The molecule has 0 saturated heterocycles. The van der Waals surface area contributed by atoms with E-state index >= 15 is 0 Å². The van der Waals surface area contributed by atoms with Crippen LogP contribution in [-0.4, -0.2) is 19.1 Å². The van der Waals surface area contributed by atoms with E-state index in [1.54, 1.807) is 0 Å². The van der Waals surface area contributed by atoms with Crippen LogP contribution >= 0.6 is 0 Å². The molecule has 15 heavy (non-hydrogen) atoms. The number of fused-ring (bicyclic) bond motifs is 1. The summed E-state index contributed by atoms with van der Waals surface area (Å²) >= 11 is 0. The summed E-state index contributed by atoms with van der Waals surface area (Å²) in [5, 5.41) is 3.17. The fourth-order valence-electron chi connectivity index (χ4n) is 1.95. The van der Waals surface area contributed by atoms with E-state index < -0.39 is 0 Å². The van der Waals surface area contributed by atoms with Crippen LogP contribution in [0.15, 0.2) is 18.2 Å². The number of esters is 1. The third kappa shape index (κ3) is 2.02. The third-order valence-electron chi connectivity index (χ3n) is 2.81. The molecule has 0 fully saturated rings. The molecule has 1 heterocycles. The molecule has 80 valence electrons. The molecule has 0 radical (unpaired) electrons. The van der Waals surface area contributed by atoms with Crippen LogP contribution in [0, 0.1) is 6.92 Å². The second kappa shape index (κ2) is 4.03. The first-order valence-electron chi connectivity index (χ1n) is 5.10. The highest BCUT2D eigenvalue weighted by molar-refractivity contribution is 5.76. The minimum absolute atomic E-state index is 0.179. The highest BCUT2D eigenvalue weighted by Crippen LogP contribution is 2.18. The molecule has 2 rings (SSSR count). The molecule has 1 atom stereocenters. The molecule has 0 aliphatic carbocycles. The molecule has 3 heteroatoms. The van der Waals surface area contributed by atoms with Crippen molar-refractivity contribution in [3.63, 3.8) is 0 Å². The maximum absolute atomic E-state index is 11.4. The number of hydrogen-bond donors (Lipinski definition) is 1. The SMILES string of the molecule is COC(=O)C1Cc2cc(C)ccc2CN1. The zero-order valence-corrected chi connectivity index (χ0v) is 9.04. The molecular weight excluding hydrogens is 190 g/mol. The number of benzene rings is 1. The Morgan fingerprint density at radius 2 is 2.27 bits per heavy atom. The van der Waals surface area contributed by atoms with Crippen LogP contribution in [0.25, 0.3) is 0 Å².